The fraction of sp³-hybridized carbons (Fsp3) is 0.667. The van der Waals surface area contributed by atoms with Gasteiger partial charge in [-0.25, -0.2) is 4.99 Å². The molecule has 0 saturated carbocycles. The number of ether oxygens (including phenoxy) is 2. The molecule has 2 saturated heterocycles. The Kier molecular flexibility index (Phi) is 8.38. The SMILES string of the molecule is CCNC(=NCc1cccc(C)n1)N1CCOC(C2CCCO2)C1.I. The summed E-state index contributed by atoms with van der Waals surface area (Å²) in [6, 6.07) is 6.06. The third-order valence-electron chi connectivity index (χ3n) is 4.44. The van der Waals surface area contributed by atoms with E-state index in [-0.39, 0.29) is 36.2 Å². The van der Waals surface area contributed by atoms with Gasteiger partial charge in [0.2, 0.25) is 0 Å². The van der Waals surface area contributed by atoms with E-state index in [2.05, 4.69) is 22.1 Å². The molecule has 1 N–H and O–H groups in total. The number of aliphatic imine (C=N–C) groups is 1. The van der Waals surface area contributed by atoms with Crippen molar-refractivity contribution in [3.63, 3.8) is 0 Å². The largest absolute Gasteiger partial charge is 0.375 e. The fourth-order valence-corrected chi connectivity index (χ4v) is 3.26. The molecule has 0 bridgehead atoms. The van der Waals surface area contributed by atoms with E-state index in [9.17, 15) is 0 Å². The Hall–Kier alpha value is -0.930. The second kappa shape index (κ2) is 10.3. The molecule has 0 aliphatic carbocycles. The zero-order valence-corrected chi connectivity index (χ0v) is 17.4. The Morgan fingerprint density at radius 2 is 2.16 bits per heavy atom. The number of halogens is 1. The molecule has 0 spiro atoms. The maximum atomic E-state index is 5.94. The third kappa shape index (κ3) is 5.79. The molecule has 25 heavy (non-hydrogen) atoms. The van der Waals surface area contributed by atoms with Crippen molar-refractivity contribution in [2.75, 3.05) is 32.8 Å². The van der Waals surface area contributed by atoms with E-state index in [4.69, 9.17) is 14.5 Å². The Labute approximate surface area is 167 Å². The van der Waals surface area contributed by atoms with E-state index in [1.165, 1.54) is 0 Å². The molecule has 7 heteroatoms. The molecular formula is C18H29IN4O2. The summed E-state index contributed by atoms with van der Waals surface area (Å²) in [6.07, 6.45) is 2.60. The molecule has 0 amide bonds. The molecular weight excluding hydrogens is 431 g/mol. The van der Waals surface area contributed by atoms with E-state index < -0.39 is 0 Å². The molecule has 2 unspecified atom stereocenters. The second-order valence-corrected chi connectivity index (χ2v) is 6.35. The van der Waals surface area contributed by atoms with Crippen LogP contribution in [0.15, 0.2) is 23.2 Å². The lowest BCUT2D eigenvalue weighted by Crippen LogP contribution is -2.53. The zero-order chi connectivity index (χ0) is 16.8. The van der Waals surface area contributed by atoms with Crippen molar-refractivity contribution >= 4 is 29.9 Å². The lowest BCUT2D eigenvalue weighted by molar-refractivity contribution is -0.0817. The minimum Gasteiger partial charge on any atom is -0.375 e. The van der Waals surface area contributed by atoms with Crippen molar-refractivity contribution < 1.29 is 9.47 Å². The summed E-state index contributed by atoms with van der Waals surface area (Å²) in [6.45, 7) is 8.81. The number of guanidine groups is 1. The van der Waals surface area contributed by atoms with Crippen LogP contribution in [0.5, 0.6) is 0 Å². The van der Waals surface area contributed by atoms with Gasteiger partial charge in [-0.05, 0) is 38.8 Å². The average Bonchev–Trinajstić information content (AvgIpc) is 3.13. The number of hydrogen-bond donors (Lipinski definition) is 1. The van der Waals surface area contributed by atoms with Gasteiger partial charge in [-0.1, -0.05) is 6.07 Å². The lowest BCUT2D eigenvalue weighted by Gasteiger charge is -2.37. The first-order valence-corrected chi connectivity index (χ1v) is 8.95. The summed E-state index contributed by atoms with van der Waals surface area (Å²) < 4.78 is 11.7. The van der Waals surface area contributed by atoms with Crippen molar-refractivity contribution in [3.8, 4) is 0 Å². The zero-order valence-electron chi connectivity index (χ0n) is 15.1. The number of rotatable bonds is 4. The summed E-state index contributed by atoms with van der Waals surface area (Å²) in [7, 11) is 0. The topological polar surface area (TPSA) is 59.0 Å². The number of pyridine rings is 1. The Bertz CT molecular complexity index is 564. The van der Waals surface area contributed by atoms with Gasteiger partial charge in [-0.15, -0.1) is 24.0 Å². The molecule has 0 radical (unpaired) electrons. The van der Waals surface area contributed by atoms with Crippen molar-refractivity contribution in [1.29, 1.82) is 0 Å². The van der Waals surface area contributed by atoms with Gasteiger partial charge in [0.05, 0.1) is 24.9 Å². The molecule has 0 aromatic carbocycles. The van der Waals surface area contributed by atoms with E-state index >= 15 is 0 Å². The summed E-state index contributed by atoms with van der Waals surface area (Å²) in [4.78, 5) is 11.6. The monoisotopic (exact) mass is 460 g/mol. The van der Waals surface area contributed by atoms with Gasteiger partial charge in [0.15, 0.2) is 5.96 Å². The first-order chi connectivity index (χ1) is 11.8. The van der Waals surface area contributed by atoms with Crippen LogP contribution in [0.4, 0.5) is 0 Å². The molecule has 3 rings (SSSR count). The predicted octanol–water partition coefficient (Wildman–Crippen LogP) is 2.35. The predicted molar refractivity (Wildman–Crippen MR) is 109 cm³/mol. The van der Waals surface area contributed by atoms with Crippen LogP contribution in [0, 0.1) is 6.92 Å². The first kappa shape index (κ1) is 20.4. The Balaban J connectivity index is 0.00000225. The highest BCUT2D eigenvalue weighted by molar-refractivity contribution is 14.0. The number of nitrogens with zero attached hydrogens (tertiary/aromatic N) is 3. The van der Waals surface area contributed by atoms with Gasteiger partial charge >= 0.3 is 0 Å². The second-order valence-electron chi connectivity index (χ2n) is 6.35. The van der Waals surface area contributed by atoms with Crippen molar-refractivity contribution in [1.82, 2.24) is 15.2 Å². The number of hydrogen-bond acceptors (Lipinski definition) is 4. The minimum absolute atomic E-state index is 0. The molecule has 2 aliphatic rings. The van der Waals surface area contributed by atoms with E-state index in [0.29, 0.717) is 6.54 Å². The van der Waals surface area contributed by atoms with Gasteiger partial charge in [0.25, 0.3) is 0 Å². The highest BCUT2D eigenvalue weighted by Gasteiger charge is 2.32. The van der Waals surface area contributed by atoms with Gasteiger partial charge in [-0.2, -0.15) is 0 Å². The molecule has 1 aromatic heterocycles. The van der Waals surface area contributed by atoms with Gasteiger partial charge < -0.3 is 19.7 Å². The summed E-state index contributed by atoms with van der Waals surface area (Å²) >= 11 is 0. The number of morpholine rings is 1. The molecule has 3 heterocycles. The maximum Gasteiger partial charge on any atom is 0.194 e. The van der Waals surface area contributed by atoms with Gasteiger partial charge in [-0.3, -0.25) is 4.98 Å². The van der Waals surface area contributed by atoms with Crippen LogP contribution >= 0.6 is 24.0 Å². The molecule has 2 fully saturated rings. The Morgan fingerprint density at radius 1 is 1.32 bits per heavy atom. The van der Waals surface area contributed by atoms with E-state index in [0.717, 1.165) is 63.0 Å². The molecule has 2 atom stereocenters. The van der Waals surface area contributed by atoms with Crippen LogP contribution in [0.25, 0.3) is 0 Å². The number of aromatic nitrogens is 1. The van der Waals surface area contributed by atoms with Crippen LogP contribution in [-0.2, 0) is 16.0 Å². The lowest BCUT2D eigenvalue weighted by atomic mass is 10.1. The van der Waals surface area contributed by atoms with E-state index in [1.54, 1.807) is 0 Å². The van der Waals surface area contributed by atoms with Crippen molar-refractivity contribution in [2.24, 2.45) is 4.99 Å². The molecule has 1 aromatic rings. The molecule has 6 nitrogen and oxygen atoms in total. The third-order valence-corrected chi connectivity index (χ3v) is 4.44. The summed E-state index contributed by atoms with van der Waals surface area (Å²) in [5.74, 6) is 0.937. The van der Waals surface area contributed by atoms with Gasteiger partial charge in [0.1, 0.15) is 6.10 Å². The Morgan fingerprint density at radius 3 is 2.88 bits per heavy atom. The first-order valence-electron chi connectivity index (χ1n) is 8.95. The highest BCUT2D eigenvalue weighted by atomic mass is 127. The summed E-state index contributed by atoms with van der Waals surface area (Å²) in [5, 5.41) is 3.40. The van der Waals surface area contributed by atoms with Crippen LogP contribution in [0.1, 0.15) is 31.2 Å². The normalized spacial score (nSPS) is 24.1. The number of nitrogens with one attached hydrogen (secondary N) is 1. The maximum absolute atomic E-state index is 5.94. The number of aryl methyl sites for hydroxylation is 1. The minimum atomic E-state index is 0. The van der Waals surface area contributed by atoms with Crippen molar-refractivity contribution in [3.05, 3.63) is 29.6 Å². The van der Waals surface area contributed by atoms with Crippen LogP contribution in [-0.4, -0.2) is 60.9 Å². The fourth-order valence-electron chi connectivity index (χ4n) is 3.26. The molecule has 140 valence electrons. The standard InChI is InChI=1S/C18H28N4O2.HI/c1-3-19-18(20-12-15-7-4-6-14(2)21-15)22-9-11-24-17(13-22)16-8-5-10-23-16;/h4,6-7,16-17H,3,5,8-13H2,1-2H3,(H,19,20);1H. The van der Waals surface area contributed by atoms with Gasteiger partial charge in [0, 0.05) is 31.9 Å². The van der Waals surface area contributed by atoms with Crippen LogP contribution in [0.2, 0.25) is 0 Å². The highest BCUT2D eigenvalue weighted by Crippen LogP contribution is 2.21. The smallest absolute Gasteiger partial charge is 0.194 e. The summed E-state index contributed by atoms with van der Waals surface area (Å²) in [5.41, 5.74) is 2.02. The van der Waals surface area contributed by atoms with E-state index in [1.807, 2.05) is 25.1 Å². The van der Waals surface area contributed by atoms with Crippen molar-refractivity contribution in [2.45, 2.75) is 45.4 Å². The molecule has 2 aliphatic heterocycles. The van der Waals surface area contributed by atoms with Crippen LogP contribution < -0.4 is 5.32 Å². The van der Waals surface area contributed by atoms with Crippen LogP contribution in [0.3, 0.4) is 0 Å². The quantitative estimate of drug-likeness (QED) is 0.425. The average molecular weight is 460 g/mol.